The molecule has 0 aliphatic heterocycles. The molecule has 20 heavy (non-hydrogen) atoms. The van der Waals surface area contributed by atoms with Gasteiger partial charge >= 0.3 is 0 Å². The third kappa shape index (κ3) is 3.17. The molecule has 108 valence electrons. The van der Waals surface area contributed by atoms with Crippen molar-refractivity contribution in [3.63, 3.8) is 0 Å². The number of nitrogens with zero attached hydrogens (tertiary/aromatic N) is 1. The highest BCUT2D eigenvalue weighted by atomic mass is 32.2. The van der Waals surface area contributed by atoms with Crippen molar-refractivity contribution in [2.75, 3.05) is 7.11 Å². The average Bonchev–Trinajstić information content (AvgIpc) is 2.75. The van der Waals surface area contributed by atoms with Crippen LogP contribution in [0.1, 0.15) is 15.6 Å². The molecule has 5 nitrogen and oxygen atoms in total. The number of rotatable bonds is 5. The Hall–Kier alpha value is -1.44. The van der Waals surface area contributed by atoms with E-state index in [9.17, 15) is 8.42 Å². The van der Waals surface area contributed by atoms with Crippen LogP contribution in [0.25, 0.3) is 0 Å². The molecular weight excluding hydrogens is 296 g/mol. The van der Waals surface area contributed by atoms with Crippen molar-refractivity contribution in [2.45, 2.75) is 25.3 Å². The molecule has 0 saturated carbocycles. The third-order valence-electron chi connectivity index (χ3n) is 2.78. The van der Waals surface area contributed by atoms with E-state index >= 15 is 0 Å². The molecule has 1 heterocycles. The smallest absolute Gasteiger partial charge is 0.244 e. The molecule has 0 radical (unpaired) electrons. The minimum Gasteiger partial charge on any atom is -0.495 e. The van der Waals surface area contributed by atoms with Gasteiger partial charge in [0.2, 0.25) is 10.0 Å². The van der Waals surface area contributed by atoms with Crippen molar-refractivity contribution >= 4 is 21.4 Å². The normalized spacial score (nSPS) is 11.6. The summed E-state index contributed by atoms with van der Waals surface area (Å²) in [5.74, 6) is 0.331. The van der Waals surface area contributed by atoms with Gasteiger partial charge in [0.1, 0.15) is 10.6 Å². The van der Waals surface area contributed by atoms with Gasteiger partial charge < -0.3 is 4.74 Å². The first kappa shape index (κ1) is 15.0. The van der Waals surface area contributed by atoms with E-state index in [1.807, 2.05) is 13.8 Å². The topological polar surface area (TPSA) is 68.3 Å². The molecule has 0 atom stereocenters. The van der Waals surface area contributed by atoms with Gasteiger partial charge in [0.15, 0.2) is 0 Å². The second-order valence-corrected chi connectivity index (χ2v) is 7.24. The largest absolute Gasteiger partial charge is 0.495 e. The van der Waals surface area contributed by atoms with E-state index in [0.717, 1.165) is 15.6 Å². The molecule has 0 spiro atoms. The summed E-state index contributed by atoms with van der Waals surface area (Å²) in [6, 6.07) is 6.54. The second-order valence-electron chi connectivity index (χ2n) is 4.22. The lowest BCUT2D eigenvalue weighted by Gasteiger charge is -2.09. The highest BCUT2D eigenvalue weighted by Gasteiger charge is 2.19. The molecule has 0 bridgehead atoms. The van der Waals surface area contributed by atoms with E-state index in [1.54, 1.807) is 18.2 Å². The molecule has 0 saturated heterocycles. The van der Waals surface area contributed by atoms with E-state index in [0.29, 0.717) is 5.75 Å². The number of benzene rings is 1. The number of hydrogen-bond acceptors (Lipinski definition) is 5. The predicted molar refractivity (Wildman–Crippen MR) is 78.6 cm³/mol. The molecular formula is C13H16N2O3S2. The maximum absolute atomic E-state index is 12.3. The summed E-state index contributed by atoms with van der Waals surface area (Å²) in [5.41, 5.74) is 0.857. The molecule has 0 unspecified atom stereocenters. The molecule has 1 aromatic heterocycles. The van der Waals surface area contributed by atoms with Crippen LogP contribution < -0.4 is 9.46 Å². The van der Waals surface area contributed by atoms with Crippen molar-refractivity contribution in [3.8, 4) is 5.75 Å². The fourth-order valence-electron chi connectivity index (χ4n) is 1.82. The molecule has 0 amide bonds. The van der Waals surface area contributed by atoms with Crippen molar-refractivity contribution in [1.29, 1.82) is 0 Å². The molecule has 0 aliphatic carbocycles. The maximum atomic E-state index is 12.3. The number of nitrogens with one attached hydrogen (secondary N) is 1. The van der Waals surface area contributed by atoms with Crippen molar-refractivity contribution in [1.82, 2.24) is 9.71 Å². The summed E-state index contributed by atoms with van der Waals surface area (Å²) in [4.78, 5) is 5.33. The van der Waals surface area contributed by atoms with Crippen molar-refractivity contribution in [2.24, 2.45) is 0 Å². The lowest BCUT2D eigenvalue weighted by Crippen LogP contribution is -2.23. The van der Waals surface area contributed by atoms with E-state index in [4.69, 9.17) is 4.74 Å². The van der Waals surface area contributed by atoms with Gasteiger partial charge in [-0.2, -0.15) is 0 Å². The summed E-state index contributed by atoms with van der Waals surface area (Å²) in [6.45, 7) is 4.00. The maximum Gasteiger partial charge on any atom is 0.244 e. The van der Waals surface area contributed by atoms with Crippen LogP contribution in [0, 0.1) is 13.8 Å². The molecule has 2 aromatic rings. The van der Waals surface area contributed by atoms with Gasteiger partial charge in [0, 0.05) is 11.4 Å². The third-order valence-corrected chi connectivity index (χ3v) is 5.29. The van der Waals surface area contributed by atoms with Crippen LogP contribution >= 0.6 is 11.3 Å². The van der Waals surface area contributed by atoms with Crippen LogP contribution in [-0.4, -0.2) is 20.5 Å². The molecule has 0 fully saturated rings. The second kappa shape index (κ2) is 5.90. The molecule has 0 aliphatic rings. The molecule has 1 aromatic carbocycles. The number of aryl methyl sites for hydroxylation is 2. The van der Waals surface area contributed by atoms with Crippen LogP contribution in [0.4, 0.5) is 0 Å². The average molecular weight is 312 g/mol. The van der Waals surface area contributed by atoms with E-state index in [1.165, 1.54) is 24.5 Å². The van der Waals surface area contributed by atoms with Gasteiger partial charge in [-0.25, -0.2) is 18.1 Å². The van der Waals surface area contributed by atoms with Crippen LogP contribution in [0.15, 0.2) is 29.2 Å². The van der Waals surface area contributed by atoms with Gasteiger partial charge in [-0.3, -0.25) is 0 Å². The zero-order chi connectivity index (χ0) is 14.8. The Labute approximate surface area is 122 Å². The fourth-order valence-corrected chi connectivity index (χ4v) is 3.95. The Morgan fingerprint density at radius 2 is 2.00 bits per heavy atom. The first-order valence-electron chi connectivity index (χ1n) is 5.99. The number of thiazole rings is 1. The molecule has 7 heteroatoms. The van der Waals surface area contributed by atoms with Gasteiger partial charge in [-0.1, -0.05) is 12.1 Å². The lowest BCUT2D eigenvalue weighted by molar-refractivity contribution is 0.402. The summed E-state index contributed by atoms with van der Waals surface area (Å²) in [6.07, 6.45) is 0. The van der Waals surface area contributed by atoms with Gasteiger partial charge in [0.05, 0.1) is 17.8 Å². The first-order valence-corrected chi connectivity index (χ1v) is 8.29. The van der Waals surface area contributed by atoms with Gasteiger partial charge in [0.25, 0.3) is 0 Å². The minimum atomic E-state index is -3.60. The number of para-hydroxylation sites is 1. The monoisotopic (exact) mass is 312 g/mol. The summed E-state index contributed by atoms with van der Waals surface area (Å²) in [7, 11) is -2.16. The Morgan fingerprint density at radius 3 is 2.60 bits per heavy atom. The van der Waals surface area contributed by atoms with Gasteiger partial charge in [-0.05, 0) is 26.0 Å². The van der Waals surface area contributed by atoms with Crippen LogP contribution in [0.5, 0.6) is 5.75 Å². The number of ether oxygens (including phenoxy) is 1. The van der Waals surface area contributed by atoms with E-state index in [-0.39, 0.29) is 11.4 Å². The Balaban J connectivity index is 2.21. The van der Waals surface area contributed by atoms with Crippen molar-refractivity contribution < 1.29 is 13.2 Å². The highest BCUT2D eigenvalue weighted by Crippen LogP contribution is 2.23. The zero-order valence-corrected chi connectivity index (χ0v) is 13.1. The number of sulfonamides is 1. The van der Waals surface area contributed by atoms with Crippen LogP contribution in [-0.2, 0) is 16.6 Å². The zero-order valence-electron chi connectivity index (χ0n) is 11.5. The number of aromatic nitrogens is 1. The lowest BCUT2D eigenvalue weighted by atomic mass is 10.3. The summed E-state index contributed by atoms with van der Waals surface area (Å²) < 4.78 is 32.3. The van der Waals surface area contributed by atoms with E-state index < -0.39 is 10.0 Å². The molecule has 2 rings (SSSR count). The Kier molecular flexibility index (Phi) is 4.42. The Bertz CT molecular complexity index is 708. The predicted octanol–water partition coefficient (Wildman–Crippen LogP) is 2.25. The summed E-state index contributed by atoms with van der Waals surface area (Å²) >= 11 is 1.49. The minimum absolute atomic E-state index is 0.140. The quantitative estimate of drug-likeness (QED) is 0.919. The summed E-state index contributed by atoms with van der Waals surface area (Å²) in [5, 5.41) is 0.925. The molecule has 1 N–H and O–H groups in total. The van der Waals surface area contributed by atoms with Crippen molar-refractivity contribution in [3.05, 3.63) is 39.8 Å². The van der Waals surface area contributed by atoms with Gasteiger partial charge in [-0.15, -0.1) is 11.3 Å². The first-order chi connectivity index (χ1) is 9.44. The van der Waals surface area contributed by atoms with Crippen LogP contribution in [0.3, 0.4) is 0 Å². The standard InChI is InChI=1S/C13H16N2O3S2/c1-9-12(19-10(2)15-9)8-14-20(16,17)13-7-5-4-6-11(13)18-3/h4-7,14H,8H2,1-3H3. The fraction of sp³-hybridized carbons (Fsp3) is 0.308. The number of methoxy groups -OCH3 is 1. The highest BCUT2D eigenvalue weighted by molar-refractivity contribution is 7.89. The Morgan fingerprint density at radius 1 is 1.30 bits per heavy atom. The SMILES string of the molecule is COc1ccccc1S(=O)(=O)NCc1sc(C)nc1C. The van der Waals surface area contributed by atoms with Crippen LogP contribution in [0.2, 0.25) is 0 Å². The van der Waals surface area contributed by atoms with E-state index in [2.05, 4.69) is 9.71 Å². The number of hydrogen-bond donors (Lipinski definition) is 1.